The average Bonchev–Trinajstić information content (AvgIpc) is 3.30. The molecule has 378 valence electrons. The van der Waals surface area contributed by atoms with Gasteiger partial charge in [0.25, 0.3) is 0 Å². The van der Waals surface area contributed by atoms with Gasteiger partial charge < -0.3 is 14.2 Å². The van der Waals surface area contributed by atoms with Gasteiger partial charge >= 0.3 is 17.9 Å². The Morgan fingerprint density at radius 3 is 0.954 bits per heavy atom. The van der Waals surface area contributed by atoms with Gasteiger partial charge in [-0.05, 0) is 77.0 Å². The fourth-order valence-corrected chi connectivity index (χ4v) is 8.10. The van der Waals surface area contributed by atoms with Gasteiger partial charge in [-0.2, -0.15) is 0 Å². The molecule has 1 unspecified atom stereocenters. The van der Waals surface area contributed by atoms with Gasteiger partial charge in [-0.3, -0.25) is 14.4 Å². The van der Waals surface area contributed by atoms with Gasteiger partial charge in [0.05, 0.1) is 0 Å². The summed E-state index contributed by atoms with van der Waals surface area (Å²) in [6, 6.07) is 0. The Labute approximate surface area is 403 Å². The molecule has 0 aromatic heterocycles. The lowest BCUT2D eigenvalue weighted by Gasteiger charge is -2.18. The van der Waals surface area contributed by atoms with Crippen molar-refractivity contribution in [2.75, 3.05) is 13.2 Å². The number of hydrogen-bond donors (Lipinski definition) is 0. The van der Waals surface area contributed by atoms with E-state index in [0.29, 0.717) is 19.3 Å². The van der Waals surface area contributed by atoms with Crippen LogP contribution in [0.15, 0.2) is 48.6 Å². The average molecular weight is 911 g/mol. The number of carbonyl (C=O) groups excluding carboxylic acids is 3. The number of rotatable bonds is 51. The lowest BCUT2D eigenvalue weighted by molar-refractivity contribution is -0.167. The van der Waals surface area contributed by atoms with E-state index in [-0.39, 0.29) is 31.1 Å². The van der Waals surface area contributed by atoms with Crippen LogP contribution in [0.4, 0.5) is 0 Å². The third-order valence-electron chi connectivity index (χ3n) is 12.3. The van der Waals surface area contributed by atoms with Crippen LogP contribution in [0.2, 0.25) is 0 Å². The monoisotopic (exact) mass is 911 g/mol. The maximum absolute atomic E-state index is 12.8. The van der Waals surface area contributed by atoms with E-state index in [1.54, 1.807) is 0 Å². The molecule has 0 radical (unpaired) electrons. The number of esters is 3. The van der Waals surface area contributed by atoms with E-state index in [1.165, 1.54) is 148 Å². The van der Waals surface area contributed by atoms with Crippen molar-refractivity contribution in [1.82, 2.24) is 0 Å². The standard InChI is InChI=1S/C59H106O6/c1-4-7-10-13-16-19-22-25-28-31-34-37-40-43-46-49-52-58(61)64-55-56(54-63-57(60)51-48-45-42-39-36-33-30-27-24-21-18-15-12-9-6-3)65-59(62)53-50-47-44-41-38-35-32-29-26-23-20-17-14-11-8-5-2/h9,12,18,21,27-28,30-31,56H,4-8,10-11,13-17,19-20,22-26,29,32-55H2,1-3H3/b12-9-,21-18-,30-27-,31-28-. The molecule has 6 heteroatoms. The fraction of sp³-hybridized carbons (Fsp3) is 0.814. The first kappa shape index (κ1) is 62.4. The number of carbonyl (C=O) groups is 3. The first-order chi connectivity index (χ1) is 32.0. The minimum absolute atomic E-state index is 0.0803. The molecule has 0 spiro atoms. The Bertz CT molecular complexity index is 1140. The highest BCUT2D eigenvalue weighted by atomic mass is 16.6. The molecule has 65 heavy (non-hydrogen) atoms. The second-order valence-electron chi connectivity index (χ2n) is 18.8. The lowest BCUT2D eigenvalue weighted by atomic mass is 10.0. The summed E-state index contributed by atoms with van der Waals surface area (Å²) in [5.41, 5.74) is 0. The second kappa shape index (κ2) is 54.0. The van der Waals surface area contributed by atoms with Crippen LogP contribution in [0.1, 0.15) is 290 Å². The van der Waals surface area contributed by atoms with Crippen molar-refractivity contribution >= 4 is 17.9 Å². The summed E-state index contributed by atoms with van der Waals surface area (Å²) in [6.45, 7) is 6.54. The Hall–Kier alpha value is -2.63. The quantitative estimate of drug-likeness (QED) is 0.0262. The Morgan fingerprint density at radius 2 is 0.600 bits per heavy atom. The van der Waals surface area contributed by atoms with Crippen molar-refractivity contribution in [2.24, 2.45) is 0 Å². The van der Waals surface area contributed by atoms with Crippen molar-refractivity contribution in [3.63, 3.8) is 0 Å². The van der Waals surface area contributed by atoms with E-state index in [4.69, 9.17) is 14.2 Å². The Kier molecular flexibility index (Phi) is 51.8. The summed E-state index contributed by atoms with van der Waals surface area (Å²) in [5.74, 6) is -0.891. The highest BCUT2D eigenvalue weighted by Gasteiger charge is 2.19. The molecule has 0 N–H and O–H groups in total. The number of allylic oxidation sites excluding steroid dienone is 8. The Morgan fingerprint density at radius 1 is 0.323 bits per heavy atom. The third-order valence-corrected chi connectivity index (χ3v) is 12.3. The van der Waals surface area contributed by atoms with Gasteiger partial charge in [-0.25, -0.2) is 0 Å². The molecule has 0 aromatic rings. The summed E-state index contributed by atoms with van der Waals surface area (Å²) in [6.07, 6.45) is 65.2. The molecule has 0 aliphatic heterocycles. The first-order valence-electron chi connectivity index (χ1n) is 28.1. The molecule has 0 fully saturated rings. The van der Waals surface area contributed by atoms with Crippen LogP contribution in [-0.2, 0) is 28.6 Å². The largest absolute Gasteiger partial charge is 0.462 e. The number of hydrogen-bond acceptors (Lipinski definition) is 6. The molecule has 0 saturated heterocycles. The van der Waals surface area contributed by atoms with E-state index >= 15 is 0 Å². The smallest absolute Gasteiger partial charge is 0.306 e. The maximum Gasteiger partial charge on any atom is 0.306 e. The van der Waals surface area contributed by atoms with Crippen LogP contribution in [0, 0.1) is 0 Å². The van der Waals surface area contributed by atoms with E-state index in [2.05, 4.69) is 69.4 Å². The predicted octanol–water partition coefficient (Wildman–Crippen LogP) is 18.7. The maximum atomic E-state index is 12.8. The van der Waals surface area contributed by atoms with E-state index < -0.39 is 6.10 Å². The van der Waals surface area contributed by atoms with E-state index in [0.717, 1.165) is 103 Å². The minimum Gasteiger partial charge on any atom is -0.462 e. The molecule has 0 bridgehead atoms. The van der Waals surface area contributed by atoms with Gasteiger partial charge in [0, 0.05) is 19.3 Å². The topological polar surface area (TPSA) is 78.9 Å². The lowest BCUT2D eigenvalue weighted by Crippen LogP contribution is -2.30. The van der Waals surface area contributed by atoms with Crippen molar-refractivity contribution in [1.29, 1.82) is 0 Å². The fourth-order valence-electron chi connectivity index (χ4n) is 8.10. The zero-order valence-electron chi connectivity index (χ0n) is 43.3. The molecule has 0 amide bonds. The molecular formula is C59H106O6. The second-order valence-corrected chi connectivity index (χ2v) is 18.8. The molecule has 0 heterocycles. The zero-order valence-corrected chi connectivity index (χ0v) is 43.3. The Balaban J connectivity index is 4.38. The summed E-state index contributed by atoms with van der Waals surface area (Å²) in [4.78, 5) is 38.1. The highest BCUT2D eigenvalue weighted by molar-refractivity contribution is 5.71. The molecule has 6 nitrogen and oxygen atoms in total. The molecule has 1 atom stereocenters. The predicted molar refractivity (Wildman–Crippen MR) is 279 cm³/mol. The minimum atomic E-state index is -0.781. The van der Waals surface area contributed by atoms with E-state index in [1.807, 2.05) is 0 Å². The summed E-state index contributed by atoms with van der Waals surface area (Å²) in [7, 11) is 0. The van der Waals surface area contributed by atoms with Crippen molar-refractivity contribution in [3.8, 4) is 0 Å². The van der Waals surface area contributed by atoms with Crippen molar-refractivity contribution < 1.29 is 28.6 Å². The summed E-state index contributed by atoms with van der Waals surface area (Å²) in [5, 5.41) is 0. The van der Waals surface area contributed by atoms with Crippen molar-refractivity contribution in [2.45, 2.75) is 297 Å². The first-order valence-corrected chi connectivity index (χ1v) is 28.1. The van der Waals surface area contributed by atoms with Crippen LogP contribution >= 0.6 is 0 Å². The molecular weight excluding hydrogens is 805 g/mol. The highest BCUT2D eigenvalue weighted by Crippen LogP contribution is 2.16. The van der Waals surface area contributed by atoms with Gasteiger partial charge in [0.2, 0.25) is 0 Å². The van der Waals surface area contributed by atoms with Gasteiger partial charge in [-0.1, -0.05) is 243 Å². The molecule has 0 aromatic carbocycles. The number of unbranched alkanes of at least 4 members (excludes halogenated alkanes) is 32. The number of ether oxygens (including phenoxy) is 3. The molecule has 0 aliphatic rings. The zero-order chi connectivity index (χ0) is 47.2. The van der Waals surface area contributed by atoms with Crippen LogP contribution in [0.25, 0.3) is 0 Å². The van der Waals surface area contributed by atoms with Crippen LogP contribution < -0.4 is 0 Å². The summed E-state index contributed by atoms with van der Waals surface area (Å²) < 4.78 is 16.8. The van der Waals surface area contributed by atoms with Crippen molar-refractivity contribution in [3.05, 3.63) is 48.6 Å². The molecule has 0 rings (SSSR count). The van der Waals surface area contributed by atoms with Gasteiger partial charge in [-0.15, -0.1) is 0 Å². The van der Waals surface area contributed by atoms with Gasteiger partial charge in [0.15, 0.2) is 6.10 Å². The normalized spacial score (nSPS) is 12.4. The van der Waals surface area contributed by atoms with Crippen LogP contribution in [-0.4, -0.2) is 37.2 Å². The van der Waals surface area contributed by atoms with Crippen LogP contribution in [0.5, 0.6) is 0 Å². The van der Waals surface area contributed by atoms with Gasteiger partial charge in [0.1, 0.15) is 13.2 Å². The van der Waals surface area contributed by atoms with E-state index in [9.17, 15) is 14.4 Å². The molecule has 0 saturated carbocycles. The summed E-state index contributed by atoms with van der Waals surface area (Å²) >= 11 is 0. The third kappa shape index (κ3) is 52.2. The molecule has 0 aliphatic carbocycles. The van der Waals surface area contributed by atoms with Crippen LogP contribution in [0.3, 0.4) is 0 Å². The SMILES string of the molecule is CC/C=C\C/C=C\C/C=C\CCCCCCCC(=O)OCC(COC(=O)CCCCCCC/C=C\CCCCCCCCC)OC(=O)CCCCCCCCCCCCCCCCCC.